The molecular weight excluding hydrogens is 248 g/mol. The molecule has 2 heterocycles. The molecule has 0 bridgehead atoms. The van der Waals surface area contributed by atoms with Crippen LogP contribution >= 0.6 is 0 Å². The van der Waals surface area contributed by atoms with Crippen LogP contribution in [0.25, 0.3) is 0 Å². The summed E-state index contributed by atoms with van der Waals surface area (Å²) in [7, 11) is 0. The normalized spacial score (nSPS) is 22.6. The predicted molar refractivity (Wildman–Crippen MR) is 66.8 cm³/mol. The van der Waals surface area contributed by atoms with Gasteiger partial charge >= 0.3 is 5.97 Å². The van der Waals surface area contributed by atoms with Crippen LogP contribution in [0.2, 0.25) is 0 Å². The largest absolute Gasteiger partial charge is 0.480 e. The number of hydrogen-bond donors (Lipinski definition) is 2. The number of aliphatic hydroxyl groups is 1. The molecule has 2 atom stereocenters. The van der Waals surface area contributed by atoms with Crippen molar-refractivity contribution in [3.8, 4) is 0 Å². The van der Waals surface area contributed by atoms with E-state index in [4.69, 9.17) is 5.11 Å². The van der Waals surface area contributed by atoms with E-state index in [0.717, 1.165) is 5.69 Å². The van der Waals surface area contributed by atoms with Crippen LogP contribution in [-0.4, -0.2) is 50.7 Å². The van der Waals surface area contributed by atoms with Gasteiger partial charge in [0.15, 0.2) is 0 Å². The highest BCUT2D eigenvalue weighted by atomic mass is 16.4. The summed E-state index contributed by atoms with van der Waals surface area (Å²) in [6, 6.07) is 2.38. The third kappa shape index (κ3) is 2.58. The molecule has 2 rings (SSSR count). The Morgan fingerprint density at radius 3 is 2.63 bits per heavy atom. The van der Waals surface area contributed by atoms with E-state index in [9.17, 15) is 14.7 Å². The first-order valence-corrected chi connectivity index (χ1v) is 6.06. The highest BCUT2D eigenvalue weighted by Gasteiger charge is 2.39. The fourth-order valence-electron chi connectivity index (χ4n) is 2.34. The molecule has 6 nitrogen and oxygen atoms in total. The molecule has 1 saturated heterocycles. The molecular formula is C13H16N2O4. The molecule has 102 valence electrons. The molecule has 1 amide bonds. The van der Waals surface area contributed by atoms with Crippen LogP contribution in [0.4, 0.5) is 0 Å². The Balaban J connectivity index is 2.30. The van der Waals surface area contributed by atoms with Crippen molar-refractivity contribution in [3.05, 3.63) is 29.1 Å². The lowest BCUT2D eigenvalue weighted by atomic mass is 10.1. The third-order valence-electron chi connectivity index (χ3n) is 3.28. The summed E-state index contributed by atoms with van der Waals surface area (Å²) in [5.74, 6) is -1.49. The lowest BCUT2D eigenvalue weighted by Gasteiger charge is -2.21. The van der Waals surface area contributed by atoms with Crippen molar-refractivity contribution in [1.29, 1.82) is 0 Å². The van der Waals surface area contributed by atoms with Gasteiger partial charge in [-0.05, 0) is 26.0 Å². The van der Waals surface area contributed by atoms with E-state index in [1.807, 2.05) is 6.92 Å². The number of amides is 1. The third-order valence-corrected chi connectivity index (χ3v) is 3.28. The minimum Gasteiger partial charge on any atom is -0.480 e. The zero-order valence-electron chi connectivity index (χ0n) is 10.8. The molecule has 6 heteroatoms. The van der Waals surface area contributed by atoms with E-state index in [0.29, 0.717) is 11.3 Å². The van der Waals surface area contributed by atoms with Gasteiger partial charge in [-0.2, -0.15) is 0 Å². The van der Waals surface area contributed by atoms with Gasteiger partial charge in [-0.25, -0.2) is 4.79 Å². The van der Waals surface area contributed by atoms with Crippen molar-refractivity contribution in [2.75, 3.05) is 6.54 Å². The molecule has 0 spiro atoms. The molecule has 0 radical (unpaired) electrons. The van der Waals surface area contributed by atoms with Crippen molar-refractivity contribution >= 4 is 11.9 Å². The molecule has 0 saturated carbocycles. The number of rotatable bonds is 2. The molecule has 1 aromatic heterocycles. The molecule has 1 aliphatic rings. The van der Waals surface area contributed by atoms with E-state index in [1.165, 1.54) is 4.90 Å². The number of carbonyl (C=O) groups excluding carboxylic acids is 1. The Labute approximate surface area is 110 Å². The second kappa shape index (κ2) is 4.97. The number of aliphatic carboxylic acids is 1. The maximum Gasteiger partial charge on any atom is 0.326 e. The molecule has 1 aromatic rings. The fourth-order valence-corrected chi connectivity index (χ4v) is 2.34. The summed E-state index contributed by atoms with van der Waals surface area (Å²) >= 11 is 0. The van der Waals surface area contributed by atoms with Crippen LogP contribution in [0, 0.1) is 13.8 Å². The summed E-state index contributed by atoms with van der Waals surface area (Å²) in [6.07, 6.45) is -0.719. The highest BCUT2D eigenvalue weighted by Crippen LogP contribution is 2.22. The number of carboxylic acid groups (broad SMARTS) is 1. The molecule has 1 aliphatic heterocycles. The quantitative estimate of drug-likeness (QED) is 0.804. The van der Waals surface area contributed by atoms with Crippen LogP contribution in [0.1, 0.15) is 28.2 Å². The van der Waals surface area contributed by atoms with E-state index >= 15 is 0 Å². The fraction of sp³-hybridized carbons (Fsp3) is 0.462. The Hall–Kier alpha value is -1.95. The van der Waals surface area contributed by atoms with E-state index in [2.05, 4.69) is 4.98 Å². The number of β-amino-alcohol motifs (C(OH)–C–C–N with tert-alkyl or cyclic N) is 1. The minimum atomic E-state index is -1.09. The van der Waals surface area contributed by atoms with Gasteiger partial charge in [-0.15, -0.1) is 0 Å². The van der Waals surface area contributed by atoms with Crippen LogP contribution in [-0.2, 0) is 4.79 Å². The number of carbonyl (C=O) groups is 2. The monoisotopic (exact) mass is 264 g/mol. The van der Waals surface area contributed by atoms with Crippen LogP contribution in [0.15, 0.2) is 12.1 Å². The summed E-state index contributed by atoms with van der Waals surface area (Å²) in [4.78, 5) is 28.9. The van der Waals surface area contributed by atoms with Crippen molar-refractivity contribution in [2.24, 2.45) is 0 Å². The van der Waals surface area contributed by atoms with E-state index < -0.39 is 24.0 Å². The van der Waals surface area contributed by atoms with Gasteiger partial charge in [-0.1, -0.05) is 0 Å². The number of aromatic nitrogens is 1. The molecule has 2 N–H and O–H groups in total. The summed E-state index contributed by atoms with van der Waals surface area (Å²) in [5.41, 5.74) is 1.74. The molecule has 1 unspecified atom stereocenters. The SMILES string of the molecule is Cc1ccc(C(=O)N2CC(O)C[C@H]2C(=O)O)c(C)n1. The first-order chi connectivity index (χ1) is 8.90. The Kier molecular flexibility index (Phi) is 3.53. The number of aryl methyl sites for hydroxylation is 2. The Bertz CT molecular complexity index is 529. The van der Waals surface area contributed by atoms with Gasteiger partial charge in [0.25, 0.3) is 5.91 Å². The van der Waals surface area contributed by atoms with Gasteiger partial charge in [0.1, 0.15) is 6.04 Å². The van der Waals surface area contributed by atoms with Crippen LogP contribution < -0.4 is 0 Å². The maximum absolute atomic E-state index is 12.4. The van der Waals surface area contributed by atoms with Crippen molar-refractivity contribution in [1.82, 2.24) is 9.88 Å². The smallest absolute Gasteiger partial charge is 0.326 e. The first-order valence-electron chi connectivity index (χ1n) is 6.06. The highest BCUT2D eigenvalue weighted by molar-refractivity contribution is 5.97. The van der Waals surface area contributed by atoms with E-state index in [1.54, 1.807) is 19.1 Å². The number of carboxylic acids is 1. The summed E-state index contributed by atoms with van der Waals surface area (Å²) in [6.45, 7) is 3.58. The standard InChI is InChI=1S/C13H16N2O4/c1-7-3-4-10(8(2)14-7)12(17)15-6-9(16)5-11(15)13(18)19/h3-4,9,11,16H,5-6H2,1-2H3,(H,18,19)/t9?,11-/m0/s1. The second-order valence-electron chi connectivity index (χ2n) is 4.79. The topological polar surface area (TPSA) is 90.7 Å². The van der Waals surface area contributed by atoms with Crippen LogP contribution in [0.5, 0.6) is 0 Å². The molecule has 1 fully saturated rings. The molecule has 19 heavy (non-hydrogen) atoms. The number of nitrogens with zero attached hydrogens (tertiary/aromatic N) is 2. The lowest BCUT2D eigenvalue weighted by Crippen LogP contribution is -2.40. The average Bonchev–Trinajstić information content (AvgIpc) is 2.70. The zero-order valence-corrected chi connectivity index (χ0v) is 10.8. The predicted octanol–water partition coefficient (Wildman–Crippen LogP) is 0.358. The Morgan fingerprint density at radius 1 is 1.37 bits per heavy atom. The summed E-state index contributed by atoms with van der Waals surface area (Å²) < 4.78 is 0. The van der Waals surface area contributed by atoms with E-state index in [-0.39, 0.29) is 13.0 Å². The maximum atomic E-state index is 12.4. The van der Waals surface area contributed by atoms with Crippen molar-refractivity contribution < 1.29 is 19.8 Å². The summed E-state index contributed by atoms with van der Waals surface area (Å²) in [5, 5.41) is 18.6. The molecule has 0 aliphatic carbocycles. The van der Waals surface area contributed by atoms with Gasteiger partial charge < -0.3 is 15.1 Å². The average molecular weight is 264 g/mol. The van der Waals surface area contributed by atoms with Gasteiger partial charge in [0.2, 0.25) is 0 Å². The van der Waals surface area contributed by atoms with Gasteiger partial charge in [-0.3, -0.25) is 9.78 Å². The number of pyridine rings is 1. The number of hydrogen-bond acceptors (Lipinski definition) is 4. The second-order valence-corrected chi connectivity index (χ2v) is 4.79. The van der Waals surface area contributed by atoms with Gasteiger partial charge in [0.05, 0.1) is 17.4 Å². The van der Waals surface area contributed by atoms with Crippen molar-refractivity contribution in [2.45, 2.75) is 32.4 Å². The van der Waals surface area contributed by atoms with Crippen LogP contribution in [0.3, 0.4) is 0 Å². The number of likely N-dealkylation sites (tertiary alicyclic amines) is 1. The minimum absolute atomic E-state index is 0.0448. The zero-order chi connectivity index (χ0) is 14.2. The Morgan fingerprint density at radius 2 is 2.05 bits per heavy atom. The molecule has 0 aromatic carbocycles. The van der Waals surface area contributed by atoms with Crippen molar-refractivity contribution in [3.63, 3.8) is 0 Å². The van der Waals surface area contributed by atoms with Gasteiger partial charge in [0, 0.05) is 18.7 Å². The lowest BCUT2D eigenvalue weighted by molar-refractivity contribution is -0.141. The first kappa shape index (κ1) is 13.5. The number of aliphatic hydroxyl groups excluding tert-OH is 1.